The van der Waals surface area contributed by atoms with Crippen LogP contribution in [-0.2, 0) is 6.42 Å². The van der Waals surface area contributed by atoms with E-state index in [1.54, 1.807) is 0 Å². The summed E-state index contributed by atoms with van der Waals surface area (Å²) in [5, 5.41) is 11.8. The summed E-state index contributed by atoms with van der Waals surface area (Å²) in [5.74, 6) is -0.654. The van der Waals surface area contributed by atoms with Crippen molar-refractivity contribution < 1.29 is 13.9 Å². The van der Waals surface area contributed by atoms with Crippen LogP contribution in [0.5, 0.6) is 0 Å². The molecule has 16 heavy (non-hydrogen) atoms. The van der Waals surface area contributed by atoms with E-state index in [9.17, 15) is 8.78 Å². The number of fused-ring (bicyclic) bond motifs is 1. The fourth-order valence-electron chi connectivity index (χ4n) is 2.23. The first-order valence-corrected chi connectivity index (χ1v) is 5.55. The Balaban J connectivity index is 2.15. The van der Waals surface area contributed by atoms with Gasteiger partial charge in [0, 0.05) is 18.2 Å². The Hall–Kier alpha value is -1.00. The van der Waals surface area contributed by atoms with Gasteiger partial charge in [0.2, 0.25) is 0 Å². The lowest BCUT2D eigenvalue weighted by molar-refractivity contribution is 0.283. The minimum atomic E-state index is -0.338. The Kier molecular flexibility index (Phi) is 3.51. The van der Waals surface area contributed by atoms with Crippen molar-refractivity contribution >= 4 is 0 Å². The van der Waals surface area contributed by atoms with Crippen molar-refractivity contribution in [3.8, 4) is 0 Å². The van der Waals surface area contributed by atoms with E-state index in [1.807, 2.05) is 0 Å². The van der Waals surface area contributed by atoms with E-state index in [4.69, 9.17) is 5.11 Å². The number of hydrogen-bond donors (Lipinski definition) is 2. The predicted octanol–water partition coefficient (Wildman–Crippen LogP) is 1.92. The highest BCUT2D eigenvalue weighted by molar-refractivity contribution is 5.36. The fourth-order valence-corrected chi connectivity index (χ4v) is 2.23. The summed E-state index contributed by atoms with van der Waals surface area (Å²) >= 11 is 0. The molecule has 1 atom stereocenters. The Morgan fingerprint density at radius 1 is 1.31 bits per heavy atom. The summed E-state index contributed by atoms with van der Waals surface area (Å²) in [5.41, 5.74) is 0.972. The summed E-state index contributed by atoms with van der Waals surface area (Å²) in [6.07, 6.45) is 1.93. The van der Waals surface area contributed by atoms with Crippen LogP contribution in [0.3, 0.4) is 0 Å². The summed E-state index contributed by atoms with van der Waals surface area (Å²) in [7, 11) is 0. The van der Waals surface area contributed by atoms with Crippen LogP contribution in [-0.4, -0.2) is 18.3 Å². The molecular formula is C12H15F2NO. The Morgan fingerprint density at radius 2 is 2.06 bits per heavy atom. The van der Waals surface area contributed by atoms with Crippen LogP contribution >= 0.6 is 0 Å². The van der Waals surface area contributed by atoms with Crippen molar-refractivity contribution in [2.75, 3.05) is 13.2 Å². The standard InChI is InChI=1S/C12H15F2NO/c13-9-3-4-10(14)12-8(9)2-5-11(12)15-6-1-7-16/h3-4,11,15-16H,1-2,5-7H2. The van der Waals surface area contributed by atoms with E-state index < -0.39 is 0 Å². The van der Waals surface area contributed by atoms with Gasteiger partial charge in [0.05, 0.1) is 0 Å². The topological polar surface area (TPSA) is 32.3 Å². The van der Waals surface area contributed by atoms with Gasteiger partial charge in [0.1, 0.15) is 11.6 Å². The molecule has 1 aromatic carbocycles. The molecule has 0 spiro atoms. The van der Waals surface area contributed by atoms with Gasteiger partial charge >= 0.3 is 0 Å². The van der Waals surface area contributed by atoms with Crippen molar-refractivity contribution in [2.45, 2.75) is 25.3 Å². The SMILES string of the molecule is OCCCNC1CCc2c(F)ccc(F)c21. The first-order chi connectivity index (χ1) is 7.74. The molecule has 1 unspecified atom stereocenters. The van der Waals surface area contributed by atoms with Crippen molar-refractivity contribution in [3.63, 3.8) is 0 Å². The Labute approximate surface area is 93.3 Å². The number of nitrogens with one attached hydrogen (secondary N) is 1. The molecule has 0 aliphatic heterocycles. The van der Waals surface area contributed by atoms with E-state index in [-0.39, 0.29) is 24.3 Å². The number of aliphatic hydroxyl groups is 1. The first kappa shape index (κ1) is 11.5. The lowest BCUT2D eigenvalue weighted by Gasteiger charge is -2.14. The molecule has 0 amide bonds. The number of halogens is 2. The number of hydrogen-bond acceptors (Lipinski definition) is 2. The maximum Gasteiger partial charge on any atom is 0.128 e. The molecule has 88 valence electrons. The van der Waals surface area contributed by atoms with E-state index in [2.05, 4.69) is 5.32 Å². The molecule has 0 bridgehead atoms. The van der Waals surface area contributed by atoms with Gasteiger partial charge in [-0.2, -0.15) is 0 Å². The third kappa shape index (κ3) is 2.08. The molecule has 0 heterocycles. The Morgan fingerprint density at radius 3 is 2.81 bits per heavy atom. The van der Waals surface area contributed by atoms with Crippen LogP contribution in [0.25, 0.3) is 0 Å². The molecular weight excluding hydrogens is 212 g/mol. The molecule has 4 heteroatoms. The van der Waals surface area contributed by atoms with Gasteiger partial charge < -0.3 is 10.4 Å². The summed E-state index contributed by atoms with van der Waals surface area (Å²) in [6.45, 7) is 0.731. The highest BCUT2D eigenvalue weighted by atomic mass is 19.1. The summed E-state index contributed by atoms with van der Waals surface area (Å²) in [4.78, 5) is 0. The first-order valence-electron chi connectivity index (χ1n) is 5.55. The molecule has 0 radical (unpaired) electrons. The van der Waals surface area contributed by atoms with Crippen molar-refractivity contribution in [2.24, 2.45) is 0 Å². The van der Waals surface area contributed by atoms with Crippen LogP contribution in [0.1, 0.15) is 30.0 Å². The van der Waals surface area contributed by atoms with Crippen molar-refractivity contribution in [3.05, 3.63) is 34.9 Å². The average Bonchev–Trinajstić information content (AvgIpc) is 2.69. The molecule has 1 aliphatic rings. The molecule has 0 saturated carbocycles. The summed E-state index contributed by atoms with van der Waals surface area (Å²) in [6, 6.07) is 2.25. The van der Waals surface area contributed by atoms with Gasteiger partial charge in [-0.3, -0.25) is 0 Å². The van der Waals surface area contributed by atoms with E-state index >= 15 is 0 Å². The van der Waals surface area contributed by atoms with Gasteiger partial charge in [-0.05, 0) is 43.5 Å². The maximum absolute atomic E-state index is 13.6. The lowest BCUT2D eigenvalue weighted by Crippen LogP contribution is -2.22. The molecule has 2 nitrogen and oxygen atoms in total. The third-order valence-corrected chi connectivity index (χ3v) is 3.00. The fraction of sp³-hybridized carbons (Fsp3) is 0.500. The molecule has 2 rings (SSSR count). The van der Waals surface area contributed by atoms with Crippen molar-refractivity contribution in [1.29, 1.82) is 0 Å². The van der Waals surface area contributed by atoms with Crippen LogP contribution in [0.15, 0.2) is 12.1 Å². The minimum Gasteiger partial charge on any atom is -0.396 e. The molecule has 1 aromatic rings. The number of benzene rings is 1. The second-order valence-electron chi connectivity index (χ2n) is 4.04. The van der Waals surface area contributed by atoms with Gasteiger partial charge in [-0.25, -0.2) is 8.78 Å². The van der Waals surface area contributed by atoms with Gasteiger partial charge in [0.25, 0.3) is 0 Å². The lowest BCUT2D eigenvalue weighted by atomic mass is 10.1. The van der Waals surface area contributed by atoms with Crippen LogP contribution in [0, 0.1) is 11.6 Å². The zero-order chi connectivity index (χ0) is 11.5. The predicted molar refractivity (Wildman–Crippen MR) is 57.1 cm³/mol. The molecule has 0 aromatic heterocycles. The van der Waals surface area contributed by atoms with Crippen molar-refractivity contribution in [1.82, 2.24) is 5.32 Å². The van der Waals surface area contributed by atoms with Crippen LogP contribution < -0.4 is 5.32 Å². The minimum absolute atomic E-state index is 0.109. The molecule has 0 fully saturated rings. The van der Waals surface area contributed by atoms with E-state index in [1.165, 1.54) is 12.1 Å². The molecule has 2 N–H and O–H groups in total. The zero-order valence-corrected chi connectivity index (χ0v) is 8.97. The van der Waals surface area contributed by atoms with Gasteiger partial charge in [-0.15, -0.1) is 0 Å². The zero-order valence-electron chi connectivity index (χ0n) is 8.97. The Bertz CT molecular complexity index is 382. The highest BCUT2D eigenvalue weighted by Gasteiger charge is 2.27. The third-order valence-electron chi connectivity index (χ3n) is 3.00. The second kappa shape index (κ2) is 4.89. The second-order valence-corrected chi connectivity index (χ2v) is 4.04. The smallest absolute Gasteiger partial charge is 0.128 e. The average molecular weight is 227 g/mol. The number of rotatable bonds is 4. The van der Waals surface area contributed by atoms with E-state index in [0.29, 0.717) is 30.5 Å². The monoisotopic (exact) mass is 227 g/mol. The molecule has 0 saturated heterocycles. The van der Waals surface area contributed by atoms with Crippen LogP contribution in [0.2, 0.25) is 0 Å². The van der Waals surface area contributed by atoms with E-state index in [0.717, 1.165) is 6.42 Å². The number of aliphatic hydroxyl groups excluding tert-OH is 1. The van der Waals surface area contributed by atoms with Gasteiger partial charge in [0.15, 0.2) is 0 Å². The molecule has 1 aliphatic carbocycles. The largest absolute Gasteiger partial charge is 0.396 e. The summed E-state index contributed by atoms with van der Waals surface area (Å²) < 4.78 is 27.0. The van der Waals surface area contributed by atoms with Gasteiger partial charge in [-0.1, -0.05) is 0 Å². The quantitative estimate of drug-likeness (QED) is 0.770. The maximum atomic E-state index is 13.6. The normalized spacial score (nSPS) is 18.8. The highest BCUT2D eigenvalue weighted by Crippen LogP contribution is 2.34. The van der Waals surface area contributed by atoms with Crippen LogP contribution in [0.4, 0.5) is 8.78 Å².